The smallest absolute Gasteiger partial charge is 0.250 e. The molecular formula is C30H32N10O2S. The van der Waals surface area contributed by atoms with Crippen LogP contribution in [-0.2, 0) is 0 Å². The standard InChI is InChI=1S/C30H32N10O2S/c1-40(2)23-13-7-22(8-14-23)36-37-27(26-6-5-19-43-26)38-39-30-34-28(31-20-9-15-24(41-3)16-10-20)33-29(35-30)32-21-11-17-25(42-4)18-12-21/h5-19,36H,1-4H3,(H,37,38)(H3,31,32,33,34,35,39). The Balaban J connectivity index is 1.39. The van der Waals surface area contributed by atoms with Crippen molar-refractivity contribution in [1.29, 1.82) is 0 Å². The average molecular weight is 597 g/mol. The molecule has 0 radical (unpaired) electrons. The monoisotopic (exact) mass is 596 g/mol. The van der Waals surface area contributed by atoms with Crippen molar-refractivity contribution in [2.24, 2.45) is 5.10 Å². The normalized spacial score (nSPS) is 10.9. The summed E-state index contributed by atoms with van der Waals surface area (Å²) in [7, 11) is 7.26. The average Bonchev–Trinajstić information content (AvgIpc) is 3.57. The van der Waals surface area contributed by atoms with Gasteiger partial charge in [0.2, 0.25) is 17.8 Å². The summed E-state index contributed by atoms with van der Waals surface area (Å²) < 4.78 is 10.5. The van der Waals surface area contributed by atoms with Gasteiger partial charge in [-0.15, -0.1) is 11.3 Å². The zero-order chi connectivity index (χ0) is 30.0. The molecule has 0 unspecified atom stereocenters. The van der Waals surface area contributed by atoms with E-state index in [-0.39, 0.29) is 5.95 Å². The van der Waals surface area contributed by atoms with E-state index in [2.05, 4.69) is 47.0 Å². The first-order chi connectivity index (χ1) is 21.0. The fraction of sp³-hybridized carbons (Fsp3) is 0.133. The number of hydrogen-bond donors (Lipinski definition) is 5. The van der Waals surface area contributed by atoms with Gasteiger partial charge in [0, 0.05) is 31.2 Å². The van der Waals surface area contributed by atoms with Crippen LogP contribution < -0.4 is 41.3 Å². The lowest BCUT2D eigenvalue weighted by Gasteiger charge is -2.15. The molecule has 0 aliphatic rings. The number of benzene rings is 3. The SMILES string of the molecule is COc1ccc(Nc2nc(NN=C(NNc3ccc(N(C)C)cc3)c3cccs3)nc(Nc3ccc(OC)cc3)n2)cc1. The van der Waals surface area contributed by atoms with Crippen LogP contribution in [0, 0.1) is 0 Å². The summed E-state index contributed by atoms with van der Waals surface area (Å²) in [6.45, 7) is 0. The van der Waals surface area contributed by atoms with Crippen molar-refractivity contribution in [2.45, 2.75) is 0 Å². The molecule has 0 fully saturated rings. The Bertz CT molecular complexity index is 1560. The molecule has 12 nitrogen and oxygen atoms in total. The minimum atomic E-state index is 0.230. The van der Waals surface area contributed by atoms with Crippen molar-refractivity contribution in [1.82, 2.24) is 20.4 Å². The number of thiophene rings is 1. The molecule has 220 valence electrons. The molecule has 2 aromatic heterocycles. The maximum Gasteiger partial charge on any atom is 0.250 e. The van der Waals surface area contributed by atoms with Gasteiger partial charge in [0.1, 0.15) is 11.5 Å². The molecule has 0 saturated heterocycles. The van der Waals surface area contributed by atoms with Gasteiger partial charge >= 0.3 is 0 Å². The molecule has 3 aromatic carbocycles. The van der Waals surface area contributed by atoms with Crippen molar-refractivity contribution in [3.63, 3.8) is 0 Å². The second-order valence-electron chi connectivity index (χ2n) is 9.25. The fourth-order valence-corrected chi connectivity index (χ4v) is 4.45. The third-order valence-electron chi connectivity index (χ3n) is 6.06. The highest BCUT2D eigenvalue weighted by molar-refractivity contribution is 7.12. The lowest BCUT2D eigenvalue weighted by molar-refractivity contribution is 0.415. The van der Waals surface area contributed by atoms with Crippen LogP contribution >= 0.6 is 11.3 Å². The van der Waals surface area contributed by atoms with Crippen LogP contribution in [0.5, 0.6) is 11.5 Å². The number of ether oxygens (including phenoxy) is 2. The van der Waals surface area contributed by atoms with E-state index >= 15 is 0 Å². The van der Waals surface area contributed by atoms with Crippen molar-refractivity contribution < 1.29 is 9.47 Å². The molecule has 0 bridgehead atoms. The molecule has 0 spiro atoms. The number of amidine groups is 1. The van der Waals surface area contributed by atoms with Gasteiger partial charge < -0.3 is 25.0 Å². The highest BCUT2D eigenvalue weighted by Crippen LogP contribution is 2.22. The summed E-state index contributed by atoms with van der Waals surface area (Å²) in [4.78, 5) is 16.6. The summed E-state index contributed by atoms with van der Waals surface area (Å²) in [6, 6.07) is 26.9. The topological polar surface area (TPSA) is 133 Å². The van der Waals surface area contributed by atoms with Crippen molar-refractivity contribution >= 4 is 57.8 Å². The van der Waals surface area contributed by atoms with Crippen molar-refractivity contribution in [2.75, 3.05) is 54.7 Å². The van der Waals surface area contributed by atoms with Crippen molar-refractivity contribution in [3.05, 3.63) is 95.2 Å². The maximum absolute atomic E-state index is 5.26. The van der Waals surface area contributed by atoms with Gasteiger partial charge in [0.15, 0.2) is 5.84 Å². The molecule has 13 heteroatoms. The van der Waals surface area contributed by atoms with Crippen molar-refractivity contribution in [3.8, 4) is 11.5 Å². The maximum atomic E-state index is 5.26. The minimum Gasteiger partial charge on any atom is -0.497 e. The zero-order valence-corrected chi connectivity index (χ0v) is 24.9. The first-order valence-electron chi connectivity index (χ1n) is 13.2. The second kappa shape index (κ2) is 13.9. The Kier molecular flexibility index (Phi) is 9.34. The van der Waals surface area contributed by atoms with E-state index in [1.54, 1.807) is 25.6 Å². The van der Waals surface area contributed by atoms with Crippen LogP contribution in [0.25, 0.3) is 0 Å². The predicted octanol–water partition coefficient (Wildman–Crippen LogP) is 5.89. The number of hydrogen-bond acceptors (Lipinski definition) is 12. The number of nitrogens with zero attached hydrogens (tertiary/aromatic N) is 5. The fourth-order valence-electron chi connectivity index (χ4n) is 3.78. The van der Waals surface area contributed by atoms with Gasteiger partial charge in [0.25, 0.3) is 0 Å². The highest BCUT2D eigenvalue weighted by Gasteiger charge is 2.10. The van der Waals surface area contributed by atoms with E-state index in [1.807, 2.05) is 109 Å². The minimum absolute atomic E-state index is 0.230. The van der Waals surface area contributed by atoms with E-state index in [0.717, 1.165) is 39.1 Å². The lowest BCUT2D eigenvalue weighted by Crippen LogP contribution is -2.30. The van der Waals surface area contributed by atoms with Crippen LogP contribution in [0.2, 0.25) is 0 Å². The number of rotatable bonds is 12. The molecule has 5 aromatic rings. The highest BCUT2D eigenvalue weighted by atomic mass is 32.1. The number of anilines is 7. The van der Waals surface area contributed by atoms with Gasteiger partial charge in [-0.2, -0.15) is 20.1 Å². The first kappa shape index (κ1) is 29.0. The number of aromatic nitrogens is 3. The number of hydrazine groups is 1. The molecule has 0 aliphatic heterocycles. The molecule has 0 amide bonds. The quantitative estimate of drug-likeness (QED) is 0.0670. The van der Waals surface area contributed by atoms with Gasteiger partial charge in [-0.25, -0.2) is 5.43 Å². The van der Waals surface area contributed by atoms with Gasteiger partial charge in [-0.05, 0) is 84.2 Å². The van der Waals surface area contributed by atoms with Crippen LogP contribution in [0.3, 0.4) is 0 Å². The first-order valence-corrected chi connectivity index (χ1v) is 14.1. The molecule has 0 atom stereocenters. The van der Waals surface area contributed by atoms with Crippen LogP contribution in [0.15, 0.2) is 95.4 Å². The Morgan fingerprint density at radius 3 is 1.72 bits per heavy atom. The third kappa shape index (κ3) is 8.01. The largest absolute Gasteiger partial charge is 0.497 e. The summed E-state index contributed by atoms with van der Waals surface area (Å²) in [6.07, 6.45) is 0. The van der Waals surface area contributed by atoms with Crippen LogP contribution in [0.1, 0.15) is 4.88 Å². The lowest BCUT2D eigenvalue weighted by atomic mass is 10.3. The van der Waals surface area contributed by atoms with E-state index in [9.17, 15) is 0 Å². The molecule has 0 saturated carbocycles. The van der Waals surface area contributed by atoms with Crippen LogP contribution in [0.4, 0.5) is 40.6 Å². The molecule has 5 rings (SSSR count). The number of hydrazone groups is 1. The van der Waals surface area contributed by atoms with Gasteiger partial charge in [-0.3, -0.25) is 10.9 Å². The molecular weight excluding hydrogens is 564 g/mol. The van der Waals surface area contributed by atoms with E-state index in [0.29, 0.717) is 17.7 Å². The number of nitrogens with one attached hydrogen (secondary N) is 5. The Morgan fingerprint density at radius 1 is 0.698 bits per heavy atom. The summed E-state index contributed by atoms with van der Waals surface area (Å²) >= 11 is 1.55. The summed E-state index contributed by atoms with van der Waals surface area (Å²) in [5.41, 5.74) is 12.9. The van der Waals surface area contributed by atoms with Gasteiger partial charge in [-0.1, -0.05) is 6.07 Å². The molecule has 0 aliphatic carbocycles. The van der Waals surface area contributed by atoms with Gasteiger partial charge in [0.05, 0.1) is 24.8 Å². The van der Waals surface area contributed by atoms with E-state index in [1.165, 1.54) is 0 Å². The molecule has 2 heterocycles. The summed E-state index contributed by atoms with van der Waals surface area (Å²) in [5.74, 6) is 2.91. The zero-order valence-electron chi connectivity index (χ0n) is 24.1. The van der Waals surface area contributed by atoms with E-state index < -0.39 is 0 Å². The predicted molar refractivity (Wildman–Crippen MR) is 174 cm³/mol. The molecule has 43 heavy (non-hydrogen) atoms. The Morgan fingerprint density at radius 2 is 1.23 bits per heavy atom. The molecule has 5 N–H and O–H groups in total. The van der Waals surface area contributed by atoms with E-state index in [4.69, 9.17) is 9.47 Å². The Labute approximate surface area is 253 Å². The van der Waals surface area contributed by atoms with Crippen LogP contribution in [-0.4, -0.2) is 49.1 Å². The second-order valence-corrected chi connectivity index (χ2v) is 10.2. The Hall–Kier alpha value is -5.56. The third-order valence-corrected chi connectivity index (χ3v) is 6.94. The summed E-state index contributed by atoms with van der Waals surface area (Å²) in [5, 5.41) is 13.0. The number of methoxy groups -OCH3 is 2.